The van der Waals surface area contributed by atoms with Crippen LogP contribution in [0.5, 0.6) is 11.5 Å². The number of rotatable bonds is 7. The highest BCUT2D eigenvalue weighted by Crippen LogP contribution is 2.26. The topological polar surface area (TPSA) is 52.6 Å². The summed E-state index contributed by atoms with van der Waals surface area (Å²) in [4.78, 5) is 25.5. The lowest BCUT2D eigenvalue weighted by Gasteiger charge is -2.07. The van der Waals surface area contributed by atoms with Crippen molar-refractivity contribution in [1.82, 2.24) is 0 Å². The van der Waals surface area contributed by atoms with Crippen LogP contribution in [0, 0.1) is 0 Å². The number of Topliss-reactive ketones (excluding diaryl/α,β-unsaturated/α-hetero) is 2. The minimum absolute atomic E-state index is 0.360. The van der Waals surface area contributed by atoms with Crippen molar-refractivity contribution in [3.8, 4) is 33.8 Å². The Hall–Kier alpha value is -4.18. The molecule has 4 rings (SSSR count). The summed E-state index contributed by atoms with van der Waals surface area (Å²) < 4.78 is 10.5. The summed E-state index contributed by atoms with van der Waals surface area (Å²) in [5.41, 5.74) is 4.55. The molecule has 0 aromatic heterocycles. The highest BCUT2D eigenvalue weighted by Gasteiger charge is 2.18. The van der Waals surface area contributed by atoms with E-state index in [2.05, 4.69) is 0 Å². The maximum Gasteiger partial charge on any atom is 0.233 e. The van der Waals surface area contributed by atoms with E-state index in [1.54, 1.807) is 38.5 Å². The van der Waals surface area contributed by atoms with Crippen molar-refractivity contribution >= 4 is 11.6 Å². The second kappa shape index (κ2) is 9.31. The third kappa shape index (κ3) is 4.44. The van der Waals surface area contributed by atoms with Gasteiger partial charge in [0.1, 0.15) is 11.5 Å². The van der Waals surface area contributed by atoms with Gasteiger partial charge in [0.25, 0.3) is 0 Å². The van der Waals surface area contributed by atoms with Crippen LogP contribution in [0.15, 0.2) is 97.1 Å². The first kappa shape index (κ1) is 21.1. The number of methoxy groups -OCH3 is 2. The molecule has 4 nitrogen and oxygen atoms in total. The van der Waals surface area contributed by atoms with E-state index in [4.69, 9.17) is 9.47 Å². The average molecular weight is 422 g/mol. The molecule has 0 aliphatic carbocycles. The minimum Gasteiger partial charge on any atom is -0.497 e. The predicted octanol–water partition coefficient (Wildman–Crippen LogP) is 6.10. The molecule has 0 bridgehead atoms. The standard InChI is InChI=1S/C28H22O4/c1-31-25-7-3-5-23(17-25)19-9-13-21(14-10-19)27(29)28(30)22-15-11-20(12-16-22)24-6-4-8-26(18-24)32-2/h3-18H,1-2H3. The van der Waals surface area contributed by atoms with Crippen molar-refractivity contribution in [1.29, 1.82) is 0 Å². The van der Waals surface area contributed by atoms with Crippen molar-refractivity contribution in [2.24, 2.45) is 0 Å². The minimum atomic E-state index is -0.531. The van der Waals surface area contributed by atoms with Crippen molar-refractivity contribution in [3.63, 3.8) is 0 Å². The molecular weight excluding hydrogens is 400 g/mol. The Labute approximate surface area is 187 Å². The van der Waals surface area contributed by atoms with Gasteiger partial charge in [0.2, 0.25) is 11.6 Å². The van der Waals surface area contributed by atoms with Crippen LogP contribution in [0.3, 0.4) is 0 Å². The molecule has 0 saturated carbocycles. The van der Waals surface area contributed by atoms with Crippen LogP contribution in [0.4, 0.5) is 0 Å². The average Bonchev–Trinajstić information content (AvgIpc) is 2.88. The molecule has 0 radical (unpaired) electrons. The molecule has 32 heavy (non-hydrogen) atoms. The van der Waals surface area contributed by atoms with E-state index in [1.807, 2.05) is 72.8 Å². The number of carbonyl (C=O) groups is 2. The molecule has 4 aromatic rings. The molecule has 0 unspecified atom stereocenters. The van der Waals surface area contributed by atoms with E-state index in [0.29, 0.717) is 11.1 Å². The number of hydrogen-bond donors (Lipinski definition) is 0. The third-order valence-corrected chi connectivity index (χ3v) is 5.31. The fourth-order valence-corrected chi connectivity index (χ4v) is 3.50. The molecule has 0 fully saturated rings. The quantitative estimate of drug-likeness (QED) is 0.267. The second-order valence-corrected chi connectivity index (χ2v) is 7.28. The van der Waals surface area contributed by atoms with E-state index in [-0.39, 0.29) is 0 Å². The fraction of sp³-hybridized carbons (Fsp3) is 0.0714. The summed E-state index contributed by atoms with van der Waals surface area (Å²) in [5.74, 6) is 0.457. The number of benzene rings is 4. The van der Waals surface area contributed by atoms with E-state index in [9.17, 15) is 9.59 Å². The zero-order chi connectivity index (χ0) is 22.5. The molecule has 0 saturated heterocycles. The maximum atomic E-state index is 12.7. The van der Waals surface area contributed by atoms with Crippen molar-refractivity contribution < 1.29 is 19.1 Å². The van der Waals surface area contributed by atoms with Gasteiger partial charge in [0, 0.05) is 11.1 Å². The van der Waals surface area contributed by atoms with Gasteiger partial charge in [-0.25, -0.2) is 0 Å². The summed E-state index contributed by atoms with van der Waals surface area (Å²) >= 11 is 0. The molecule has 158 valence electrons. The van der Waals surface area contributed by atoms with Gasteiger partial charge in [0.05, 0.1) is 14.2 Å². The number of carbonyl (C=O) groups excluding carboxylic acids is 2. The number of ether oxygens (including phenoxy) is 2. The van der Waals surface area contributed by atoms with Gasteiger partial charge in [-0.15, -0.1) is 0 Å². The zero-order valence-electron chi connectivity index (χ0n) is 17.9. The van der Waals surface area contributed by atoms with Gasteiger partial charge in [0.15, 0.2) is 0 Å². The number of hydrogen-bond acceptors (Lipinski definition) is 4. The molecule has 4 aromatic carbocycles. The SMILES string of the molecule is COc1cccc(-c2ccc(C(=O)C(=O)c3ccc(-c4cccc(OC)c4)cc3)cc2)c1. The molecule has 4 heteroatoms. The Kier molecular flexibility index (Phi) is 6.13. The Morgan fingerprint density at radius 3 is 1.22 bits per heavy atom. The smallest absolute Gasteiger partial charge is 0.233 e. The summed E-state index contributed by atoms with van der Waals surface area (Å²) in [6.45, 7) is 0. The van der Waals surface area contributed by atoms with Crippen LogP contribution in [0.2, 0.25) is 0 Å². The van der Waals surface area contributed by atoms with E-state index in [1.165, 1.54) is 0 Å². The highest BCUT2D eigenvalue weighted by molar-refractivity contribution is 6.49. The first-order valence-electron chi connectivity index (χ1n) is 10.2. The normalized spacial score (nSPS) is 10.4. The monoisotopic (exact) mass is 422 g/mol. The maximum absolute atomic E-state index is 12.7. The van der Waals surface area contributed by atoms with Gasteiger partial charge in [-0.2, -0.15) is 0 Å². The molecule has 0 heterocycles. The Morgan fingerprint density at radius 2 is 0.875 bits per heavy atom. The molecule has 0 aliphatic rings. The molecule has 0 amide bonds. The largest absolute Gasteiger partial charge is 0.497 e. The summed E-state index contributed by atoms with van der Waals surface area (Å²) in [7, 11) is 3.24. The van der Waals surface area contributed by atoms with E-state index < -0.39 is 11.6 Å². The van der Waals surface area contributed by atoms with Crippen LogP contribution in [0.25, 0.3) is 22.3 Å². The summed E-state index contributed by atoms with van der Waals surface area (Å²) in [6, 6.07) is 29.4. The summed E-state index contributed by atoms with van der Waals surface area (Å²) in [6.07, 6.45) is 0. The van der Waals surface area contributed by atoms with Crippen molar-refractivity contribution in [2.45, 2.75) is 0 Å². The van der Waals surface area contributed by atoms with Gasteiger partial charge in [-0.1, -0.05) is 72.8 Å². The molecule has 0 atom stereocenters. The zero-order valence-corrected chi connectivity index (χ0v) is 17.9. The molecular formula is C28H22O4. The van der Waals surface area contributed by atoms with Crippen LogP contribution in [0.1, 0.15) is 20.7 Å². The molecule has 0 aliphatic heterocycles. The Bertz CT molecular complexity index is 1150. The van der Waals surface area contributed by atoms with Gasteiger partial charge in [-0.3, -0.25) is 9.59 Å². The first-order chi connectivity index (χ1) is 15.6. The third-order valence-electron chi connectivity index (χ3n) is 5.31. The fourth-order valence-electron chi connectivity index (χ4n) is 3.50. The lowest BCUT2D eigenvalue weighted by atomic mass is 9.97. The predicted molar refractivity (Wildman–Crippen MR) is 126 cm³/mol. The van der Waals surface area contributed by atoms with Crippen molar-refractivity contribution in [2.75, 3.05) is 14.2 Å². The van der Waals surface area contributed by atoms with Gasteiger partial charge in [-0.05, 0) is 46.5 Å². The Morgan fingerprint density at radius 1 is 0.500 bits per heavy atom. The van der Waals surface area contributed by atoms with Gasteiger partial charge >= 0.3 is 0 Å². The lowest BCUT2D eigenvalue weighted by Crippen LogP contribution is -2.14. The Balaban J connectivity index is 1.51. The van der Waals surface area contributed by atoms with Crippen LogP contribution < -0.4 is 9.47 Å². The summed E-state index contributed by atoms with van der Waals surface area (Å²) in [5, 5.41) is 0. The molecule has 0 N–H and O–H groups in total. The highest BCUT2D eigenvalue weighted by atomic mass is 16.5. The van der Waals surface area contributed by atoms with Crippen LogP contribution >= 0.6 is 0 Å². The van der Waals surface area contributed by atoms with Crippen LogP contribution in [-0.4, -0.2) is 25.8 Å². The van der Waals surface area contributed by atoms with E-state index >= 15 is 0 Å². The van der Waals surface area contributed by atoms with Crippen molar-refractivity contribution in [3.05, 3.63) is 108 Å². The lowest BCUT2D eigenvalue weighted by molar-refractivity contribution is 0.0817. The first-order valence-corrected chi connectivity index (χ1v) is 10.2. The second-order valence-electron chi connectivity index (χ2n) is 7.28. The van der Waals surface area contributed by atoms with Crippen LogP contribution in [-0.2, 0) is 0 Å². The molecule has 0 spiro atoms. The van der Waals surface area contributed by atoms with E-state index in [0.717, 1.165) is 33.8 Å². The van der Waals surface area contributed by atoms with Gasteiger partial charge < -0.3 is 9.47 Å². The number of ketones is 2.